The Balaban J connectivity index is 2.83. The van der Waals surface area contributed by atoms with Crippen molar-refractivity contribution in [1.82, 2.24) is 0 Å². The summed E-state index contributed by atoms with van der Waals surface area (Å²) in [5.74, 6) is -0.122. The molecule has 0 spiro atoms. The van der Waals surface area contributed by atoms with Crippen molar-refractivity contribution in [3.63, 3.8) is 0 Å². The molecule has 118 valence electrons. The van der Waals surface area contributed by atoms with Gasteiger partial charge in [0.25, 0.3) is 7.37 Å². The van der Waals surface area contributed by atoms with Crippen LogP contribution in [0, 0.1) is 27.7 Å². The van der Waals surface area contributed by atoms with Gasteiger partial charge in [0.1, 0.15) is 11.5 Å². The Kier molecular flexibility index (Phi) is 4.37. The van der Waals surface area contributed by atoms with E-state index in [1.807, 2.05) is 13.8 Å². The third-order valence-electron chi connectivity index (χ3n) is 3.74. The van der Waals surface area contributed by atoms with E-state index in [1.54, 1.807) is 38.1 Å². The maximum Gasteiger partial charge on any atom is 0.268 e. The fourth-order valence-electron chi connectivity index (χ4n) is 2.65. The molecule has 2 aromatic rings. The summed E-state index contributed by atoms with van der Waals surface area (Å²) in [4.78, 5) is 0. The summed E-state index contributed by atoms with van der Waals surface area (Å²) < 4.78 is 18.8. The van der Waals surface area contributed by atoms with Crippen LogP contribution in [0.25, 0.3) is 0 Å². The first kappa shape index (κ1) is 16.6. The smallest absolute Gasteiger partial charge is 0.268 e. The van der Waals surface area contributed by atoms with Gasteiger partial charge in [-0.05, 0) is 62.1 Å². The number of aromatic hydroxyl groups is 2. The van der Waals surface area contributed by atoms with Gasteiger partial charge in [-0.15, -0.1) is 0 Å². The molecule has 0 heterocycles. The molecule has 0 fully saturated rings. The van der Waals surface area contributed by atoms with E-state index in [9.17, 15) is 14.8 Å². The van der Waals surface area contributed by atoms with Crippen molar-refractivity contribution in [2.75, 3.05) is 7.11 Å². The summed E-state index contributed by atoms with van der Waals surface area (Å²) in [5.41, 5.74) is 2.98. The molecule has 2 N–H and O–H groups in total. The van der Waals surface area contributed by atoms with Crippen LogP contribution in [0.4, 0.5) is 0 Å². The summed E-state index contributed by atoms with van der Waals surface area (Å²) in [6.07, 6.45) is 0. The first-order chi connectivity index (χ1) is 10.2. The minimum atomic E-state index is -3.59. The van der Waals surface area contributed by atoms with Crippen LogP contribution in [0.1, 0.15) is 22.3 Å². The SMILES string of the molecule is COP(=O)(c1cc(C)cc(C)c1O)c1cc(C)cc(C)c1O. The predicted octanol–water partition coefficient (Wildman–Crippen LogP) is 3.21. The maximum atomic E-state index is 13.5. The van der Waals surface area contributed by atoms with Crippen LogP contribution < -0.4 is 10.6 Å². The molecule has 0 aliphatic rings. The highest BCUT2D eigenvalue weighted by molar-refractivity contribution is 7.74. The lowest BCUT2D eigenvalue weighted by Gasteiger charge is -2.21. The van der Waals surface area contributed by atoms with E-state index < -0.39 is 7.37 Å². The molecule has 0 saturated heterocycles. The summed E-state index contributed by atoms with van der Waals surface area (Å²) in [7, 11) is -2.26. The van der Waals surface area contributed by atoms with E-state index in [0.29, 0.717) is 11.1 Å². The molecule has 0 aliphatic heterocycles. The molecule has 0 amide bonds. The van der Waals surface area contributed by atoms with E-state index >= 15 is 0 Å². The first-order valence-corrected chi connectivity index (χ1v) is 8.60. The van der Waals surface area contributed by atoms with Gasteiger partial charge >= 0.3 is 0 Å². The third-order valence-corrected chi connectivity index (χ3v) is 6.21. The Labute approximate surface area is 130 Å². The van der Waals surface area contributed by atoms with Gasteiger partial charge in [0.2, 0.25) is 0 Å². The molecule has 4 nitrogen and oxygen atoms in total. The molecule has 2 rings (SSSR count). The third kappa shape index (κ3) is 2.65. The van der Waals surface area contributed by atoms with Gasteiger partial charge < -0.3 is 14.7 Å². The monoisotopic (exact) mass is 320 g/mol. The summed E-state index contributed by atoms with van der Waals surface area (Å²) >= 11 is 0. The fraction of sp³-hybridized carbons (Fsp3) is 0.294. The van der Waals surface area contributed by atoms with Crippen LogP contribution in [-0.2, 0) is 9.09 Å². The van der Waals surface area contributed by atoms with E-state index in [-0.39, 0.29) is 22.1 Å². The molecule has 0 radical (unpaired) electrons. The largest absolute Gasteiger partial charge is 0.507 e. The van der Waals surface area contributed by atoms with E-state index in [2.05, 4.69) is 0 Å². The highest BCUT2D eigenvalue weighted by Crippen LogP contribution is 2.49. The second-order valence-corrected chi connectivity index (χ2v) is 8.06. The van der Waals surface area contributed by atoms with Gasteiger partial charge in [-0.2, -0.15) is 0 Å². The summed E-state index contributed by atoms with van der Waals surface area (Å²) in [6.45, 7) is 7.20. The average molecular weight is 320 g/mol. The lowest BCUT2D eigenvalue weighted by atomic mass is 10.1. The minimum Gasteiger partial charge on any atom is -0.507 e. The van der Waals surface area contributed by atoms with Crippen molar-refractivity contribution in [1.29, 1.82) is 0 Å². The lowest BCUT2D eigenvalue weighted by Crippen LogP contribution is -2.20. The van der Waals surface area contributed by atoms with Gasteiger partial charge in [-0.3, -0.25) is 4.57 Å². The average Bonchev–Trinajstić information content (AvgIpc) is 2.45. The van der Waals surface area contributed by atoms with Gasteiger partial charge in [0, 0.05) is 7.11 Å². The number of rotatable bonds is 3. The van der Waals surface area contributed by atoms with Crippen molar-refractivity contribution in [3.8, 4) is 11.5 Å². The normalized spacial score (nSPS) is 11.7. The van der Waals surface area contributed by atoms with Crippen molar-refractivity contribution in [2.45, 2.75) is 27.7 Å². The molecule has 0 aliphatic carbocycles. The highest BCUT2D eigenvalue weighted by atomic mass is 31.2. The molecule has 0 bridgehead atoms. The highest BCUT2D eigenvalue weighted by Gasteiger charge is 2.34. The quantitative estimate of drug-likeness (QED) is 0.852. The molecule has 0 aromatic heterocycles. The Morgan fingerprint density at radius 3 is 1.50 bits per heavy atom. The number of phenolic OH excluding ortho intramolecular Hbond substituents is 2. The van der Waals surface area contributed by atoms with Crippen LogP contribution >= 0.6 is 7.37 Å². The Hall–Kier alpha value is -1.77. The molecule has 2 aromatic carbocycles. The van der Waals surface area contributed by atoms with Crippen LogP contribution in [0.2, 0.25) is 0 Å². The number of hydrogen-bond acceptors (Lipinski definition) is 4. The summed E-state index contributed by atoms with van der Waals surface area (Å²) in [6, 6.07) is 6.90. The van der Waals surface area contributed by atoms with Crippen molar-refractivity contribution in [2.24, 2.45) is 0 Å². The van der Waals surface area contributed by atoms with E-state index in [1.165, 1.54) is 7.11 Å². The van der Waals surface area contributed by atoms with Crippen molar-refractivity contribution in [3.05, 3.63) is 46.5 Å². The molecule has 0 atom stereocenters. The number of hydrogen-bond donors (Lipinski definition) is 2. The second-order valence-electron chi connectivity index (χ2n) is 5.63. The molecule has 0 unspecified atom stereocenters. The molecular formula is C17H21O4P. The topological polar surface area (TPSA) is 66.8 Å². The van der Waals surface area contributed by atoms with E-state index in [0.717, 1.165) is 11.1 Å². The Bertz CT molecular complexity index is 719. The Morgan fingerprint density at radius 1 is 0.818 bits per heavy atom. The van der Waals surface area contributed by atoms with Crippen molar-refractivity contribution < 1.29 is 19.3 Å². The zero-order valence-corrected chi connectivity index (χ0v) is 14.4. The van der Waals surface area contributed by atoms with Gasteiger partial charge in [0.05, 0.1) is 10.6 Å². The molecule has 5 heteroatoms. The number of phenols is 2. The van der Waals surface area contributed by atoms with Crippen LogP contribution in [0.3, 0.4) is 0 Å². The zero-order valence-electron chi connectivity index (χ0n) is 13.5. The fourth-order valence-corrected chi connectivity index (χ4v) is 4.96. The van der Waals surface area contributed by atoms with Gasteiger partial charge in [-0.25, -0.2) is 0 Å². The van der Waals surface area contributed by atoms with Crippen LogP contribution in [0.15, 0.2) is 24.3 Å². The van der Waals surface area contributed by atoms with Gasteiger partial charge in [-0.1, -0.05) is 12.1 Å². The van der Waals surface area contributed by atoms with Gasteiger partial charge in [0.15, 0.2) is 0 Å². The number of benzene rings is 2. The predicted molar refractivity (Wildman–Crippen MR) is 89.0 cm³/mol. The lowest BCUT2D eigenvalue weighted by molar-refractivity contribution is 0.406. The Morgan fingerprint density at radius 2 is 1.18 bits per heavy atom. The molecule has 22 heavy (non-hydrogen) atoms. The first-order valence-electron chi connectivity index (χ1n) is 6.98. The second kappa shape index (κ2) is 5.79. The molecular weight excluding hydrogens is 299 g/mol. The number of aryl methyl sites for hydroxylation is 4. The summed E-state index contributed by atoms with van der Waals surface area (Å²) in [5, 5.41) is 21.1. The standard InChI is InChI=1S/C17H21O4P/c1-10-6-12(3)16(18)14(8-10)22(20,21-5)15-9-11(2)7-13(4)17(15)19/h6-9,18-19H,1-5H3. The van der Waals surface area contributed by atoms with Crippen LogP contribution in [0.5, 0.6) is 11.5 Å². The van der Waals surface area contributed by atoms with E-state index in [4.69, 9.17) is 4.52 Å². The minimum absolute atomic E-state index is 0.0608. The van der Waals surface area contributed by atoms with Crippen molar-refractivity contribution >= 4 is 18.0 Å². The van der Waals surface area contributed by atoms with Crippen LogP contribution in [-0.4, -0.2) is 17.3 Å². The maximum absolute atomic E-state index is 13.5. The molecule has 0 saturated carbocycles. The zero-order chi connectivity index (χ0) is 16.7.